The molecule has 33 heavy (non-hydrogen) atoms. The van der Waals surface area contributed by atoms with Crippen LogP contribution in [-0.4, -0.2) is 16.4 Å². The minimum absolute atomic E-state index is 0.0754. The molecule has 2 amide bonds. The Hall–Kier alpha value is -4.08. The van der Waals surface area contributed by atoms with Crippen LogP contribution in [0, 0.1) is 0 Å². The zero-order valence-electron chi connectivity index (χ0n) is 17.7. The smallest absolute Gasteiger partial charge is 0.399 e. The van der Waals surface area contributed by atoms with Crippen LogP contribution in [0.2, 0.25) is 0 Å². The molecule has 1 heterocycles. The Morgan fingerprint density at radius 2 is 1.79 bits per heavy atom. The maximum absolute atomic E-state index is 13.1. The fraction of sp³-hybridized carbons (Fsp3) is 0.174. The summed E-state index contributed by atoms with van der Waals surface area (Å²) in [4.78, 5) is 36.4. The number of rotatable bonds is 5. The second kappa shape index (κ2) is 9.19. The zero-order valence-corrected chi connectivity index (χ0v) is 17.7. The highest BCUT2D eigenvalue weighted by Gasteiger charge is 2.31. The lowest BCUT2D eigenvalue weighted by atomic mass is 10.0. The van der Waals surface area contributed by atoms with E-state index >= 15 is 0 Å². The first-order chi connectivity index (χ1) is 15.4. The number of nitrogen functional groups attached to an aromatic ring is 1. The molecule has 0 aliphatic heterocycles. The van der Waals surface area contributed by atoms with Crippen LogP contribution >= 0.6 is 0 Å². The van der Waals surface area contributed by atoms with E-state index in [0.717, 1.165) is 12.1 Å². The van der Waals surface area contributed by atoms with Gasteiger partial charge in [0.25, 0.3) is 11.5 Å². The molecule has 1 aromatic heterocycles. The van der Waals surface area contributed by atoms with Gasteiger partial charge in [-0.2, -0.15) is 13.2 Å². The minimum atomic E-state index is -4.57. The van der Waals surface area contributed by atoms with Crippen molar-refractivity contribution in [3.8, 4) is 5.69 Å². The Bertz CT molecular complexity index is 1270. The van der Waals surface area contributed by atoms with Gasteiger partial charge >= 0.3 is 6.18 Å². The molecule has 0 fully saturated rings. The number of hydrogen-bond donors (Lipinski definition) is 3. The molecule has 172 valence electrons. The van der Waals surface area contributed by atoms with E-state index in [0.29, 0.717) is 11.4 Å². The normalized spacial score (nSPS) is 12.2. The molecular formula is C23H21F3N4O3. The molecule has 4 N–H and O–H groups in total. The molecule has 0 aliphatic rings. The second-order valence-electron chi connectivity index (χ2n) is 7.44. The van der Waals surface area contributed by atoms with Crippen molar-refractivity contribution in [1.82, 2.24) is 9.88 Å². The van der Waals surface area contributed by atoms with Crippen molar-refractivity contribution < 1.29 is 22.8 Å². The van der Waals surface area contributed by atoms with Crippen molar-refractivity contribution in [1.29, 1.82) is 0 Å². The molecule has 0 radical (unpaired) electrons. The molecule has 0 aliphatic carbocycles. The van der Waals surface area contributed by atoms with Crippen LogP contribution in [-0.2, 0) is 11.0 Å². The van der Waals surface area contributed by atoms with Crippen LogP contribution < -0.4 is 21.9 Å². The molecule has 10 heteroatoms. The van der Waals surface area contributed by atoms with Crippen LogP contribution in [0.4, 0.5) is 24.5 Å². The Balaban J connectivity index is 1.87. The fourth-order valence-electron chi connectivity index (χ4n) is 3.21. The van der Waals surface area contributed by atoms with Gasteiger partial charge in [-0.3, -0.25) is 19.0 Å². The summed E-state index contributed by atoms with van der Waals surface area (Å²) in [6.07, 6.45) is -3.26. The number of nitrogens with two attached hydrogens (primary N) is 1. The zero-order chi connectivity index (χ0) is 24.3. The van der Waals surface area contributed by atoms with Gasteiger partial charge in [-0.25, -0.2) is 0 Å². The predicted octanol–water partition coefficient (Wildman–Crippen LogP) is 3.89. The maximum Gasteiger partial charge on any atom is 0.416 e. The van der Waals surface area contributed by atoms with E-state index in [1.807, 2.05) is 0 Å². The van der Waals surface area contributed by atoms with Crippen molar-refractivity contribution in [3.05, 3.63) is 87.8 Å². The number of alkyl halides is 3. The first-order valence-electron chi connectivity index (χ1n) is 9.83. The Kier molecular flexibility index (Phi) is 6.57. The highest BCUT2D eigenvalue weighted by atomic mass is 19.4. The summed E-state index contributed by atoms with van der Waals surface area (Å²) in [5.74, 6) is -0.873. The lowest BCUT2D eigenvalue weighted by Crippen LogP contribution is -2.28. The first-order valence-corrected chi connectivity index (χ1v) is 9.83. The lowest BCUT2D eigenvalue weighted by molar-refractivity contribution is -0.137. The highest BCUT2D eigenvalue weighted by molar-refractivity contribution is 5.94. The van der Waals surface area contributed by atoms with E-state index in [9.17, 15) is 27.6 Å². The topological polar surface area (TPSA) is 106 Å². The van der Waals surface area contributed by atoms with Gasteiger partial charge in [0, 0.05) is 30.6 Å². The Morgan fingerprint density at radius 1 is 1.06 bits per heavy atom. The molecule has 2 aromatic carbocycles. The van der Waals surface area contributed by atoms with Crippen LogP contribution in [0.3, 0.4) is 0 Å². The van der Waals surface area contributed by atoms with Gasteiger partial charge in [-0.15, -0.1) is 0 Å². The summed E-state index contributed by atoms with van der Waals surface area (Å²) in [5.41, 5.74) is 5.39. The first kappa shape index (κ1) is 23.6. The summed E-state index contributed by atoms with van der Waals surface area (Å²) in [5, 5.41) is 5.23. The molecule has 1 atom stereocenters. The molecule has 0 bridgehead atoms. The molecule has 0 spiro atoms. The van der Waals surface area contributed by atoms with Gasteiger partial charge in [0.15, 0.2) is 0 Å². The quantitative estimate of drug-likeness (QED) is 0.505. The molecule has 0 saturated heterocycles. The number of benzene rings is 2. The molecule has 7 nitrogen and oxygen atoms in total. The SMILES string of the molecule is CC(=O)Nc1cccc(-n2cc(C(=O)N[C@H](C)c3cc(N)cc(C(F)(F)F)c3)ccc2=O)c1. The number of carbonyl (C=O) groups excluding carboxylic acids is 2. The monoisotopic (exact) mass is 458 g/mol. The Labute approximate surface area is 187 Å². The third-order valence-corrected chi connectivity index (χ3v) is 4.77. The second-order valence-corrected chi connectivity index (χ2v) is 7.44. The number of halogens is 3. The fourth-order valence-corrected chi connectivity index (χ4v) is 3.21. The van der Waals surface area contributed by atoms with Gasteiger partial charge in [0.2, 0.25) is 5.91 Å². The van der Waals surface area contributed by atoms with E-state index in [1.54, 1.807) is 24.3 Å². The van der Waals surface area contributed by atoms with Crippen LogP contribution in [0.5, 0.6) is 0 Å². The van der Waals surface area contributed by atoms with Crippen molar-refractivity contribution >= 4 is 23.2 Å². The van der Waals surface area contributed by atoms with Crippen molar-refractivity contribution in [2.75, 3.05) is 11.1 Å². The standard InChI is InChI=1S/C23H21F3N4O3/c1-13(16-8-17(23(24,25)26)10-18(27)9-16)28-22(33)15-6-7-21(32)30(12-15)20-5-3-4-19(11-20)29-14(2)31/h3-13H,27H2,1-2H3,(H,28,33)(H,29,31)/t13-/m1/s1. The lowest BCUT2D eigenvalue weighted by Gasteiger charge is -2.18. The van der Waals surface area contributed by atoms with E-state index in [1.165, 1.54) is 42.8 Å². The van der Waals surface area contributed by atoms with E-state index in [2.05, 4.69) is 10.6 Å². The van der Waals surface area contributed by atoms with Crippen LogP contribution in [0.15, 0.2) is 65.6 Å². The number of aromatic nitrogens is 1. The highest BCUT2D eigenvalue weighted by Crippen LogP contribution is 2.32. The molecular weight excluding hydrogens is 437 g/mol. The third-order valence-electron chi connectivity index (χ3n) is 4.77. The van der Waals surface area contributed by atoms with Gasteiger partial charge in [0.05, 0.1) is 22.9 Å². The van der Waals surface area contributed by atoms with Gasteiger partial charge in [-0.05, 0) is 55.0 Å². The summed E-state index contributed by atoms with van der Waals surface area (Å²) in [7, 11) is 0. The number of anilines is 2. The summed E-state index contributed by atoms with van der Waals surface area (Å²) in [6.45, 7) is 2.88. The largest absolute Gasteiger partial charge is 0.416 e. The van der Waals surface area contributed by atoms with E-state index < -0.39 is 29.2 Å². The average molecular weight is 458 g/mol. The number of nitrogens with one attached hydrogen (secondary N) is 2. The molecule has 3 rings (SSSR count). The number of carbonyl (C=O) groups is 2. The molecule has 0 saturated carbocycles. The molecule has 3 aromatic rings. The number of nitrogens with zero attached hydrogens (tertiary/aromatic N) is 1. The Morgan fingerprint density at radius 3 is 2.45 bits per heavy atom. The minimum Gasteiger partial charge on any atom is -0.399 e. The number of pyridine rings is 1. The third kappa shape index (κ3) is 5.79. The van der Waals surface area contributed by atoms with Gasteiger partial charge in [0.1, 0.15) is 0 Å². The van der Waals surface area contributed by atoms with Gasteiger partial charge in [-0.1, -0.05) is 6.07 Å². The van der Waals surface area contributed by atoms with Crippen LogP contribution in [0.1, 0.15) is 41.4 Å². The predicted molar refractivity (Wildman–Crippen MR) is 118 cm³/mol. The number of hydrogen-bond acceptors (Lipinski definition) is 4. The van der Waals surface area contributed by atoms with Gasteiger partial charge < -0.3 is 16.4 Å². The van der Waals surface area contributed by atoms with E-state index in [4.69, 9.17) is 5.73 Å². The molecule has 0 unspecified atom stereocenters. The summed E-state index contributed by atoms with van der Waals surface area (Å²) >= 11 is 0. The van der Waals surface area contributed by atoms with Crippen molar-refractivity contribution in [2.45, 2.75) is 26.1 Å². The average Bonchev–Trinajstić information content (AvgIpc) is 2.72. The van der Waals surface area contributed by atoms with Crippen LogP contribution in [0.25, 0.3) is 5.69 Å². The van der Waals surface area contributed by atoms with Crippen molar-refractivity contribution in [2.24, 2.45) is 0 Å². The van der Waals surface area contributed by atoms with E-state index in [-0.39, 0.29) is 22.7 Å². The summed E-state index contributed by atoms with van der Waals surface area (Å²) in [6, 6.07) is 11.3. The number of amides is 2. The maximum atomic E-state index is 13.1. The van der Waals surface area contributed by atoms with Crippen molar-refractivity contribution in [3.63, 3.8) is 0 Å². The summed E-state index contributed by atoms with van der Waals surface area (Å²) < 4.78 is 40.5.